The summed E-state index contributed by atoms with van der Waals surface area (Å²) in [5.74, 6) is 1.91. The van der Waals surface area contributed by atoms with Crippen molar-refractivity contribution in [1.29, 1.82) is 0 Å². The van der Waals surface area contributed by atoms with E-state index < -0.39 is 5.97 Å². The van der Waals surface area contributed by atoms with Crippen molar-refractivity contribution >= 4 is 12.3 Å². The number of rotatable bonds is 15. The standard InChI is InChI=1S/C21H38O3/c1-17(2)9-6-10-18(3)11-7-12-19(4)13-8-14-20(5)21(23)24-16-15-22/h15,17-19H,5-14,16H2,1-4H3. The summed E-state index contributed by atoms with van der Waals surface area (Å²) in [6, 6.07) is 0. The van der Waals surface area contributed by atoms with Gasteiger partial charge in [0, 0.05) is 5.57 Å². The third kappa shape index (κ3) is 13.3. The Balaban J connectivity index is 3.65. The van der Waals surface area contributed by atoms with Gasteiger partial charge in [-0.15, -0.1) is 0 Å². The minimum Gasteiger partial charge on any atom is -0.455 e. The average molecular weight is 339 g/mol. The van der Waals surface area contributed by atoms with Crippen LogP contribution in [0.5, 0.6) is 0 Å². The summed E-state index contributed by atoms with van der Waals surface area (Å²) < 4.78 is 4.74. The smallest absolute Gasteiger partial charge is 0.333 e. The second-order valence-electron chi connectivity index (χ2n) is 7.73. The summed E-state index contributed by atoms with van der Waals surface area (Å²) in [5, 5.41) is 0. The van der Waals surface area contributed by atoms with E-state index in [1.807, 2.05) is 0 Å². The van der Waals surface area contributed by atoms with Crippen molar-refractivity contribution in [1.82, 2.24) is 0 Å². The monoisotopic (exact) mass is 338 g/mol. The van der Waals surface area contributed by atoms with E-state index in [1.165, 1.54) is 38.5 Å². The van der Waals surface area contributed by atoms with E-state index in [4.69, 9.17) is 4.74 Å². The molecule has 0 spiro atoms. The average Bonchev–Trinajstić information content (AvgIpc) is 2.52. The van der Waals surface area contributed by atoms with Gasteiger partial charge >= 0.3 is 5.97 Å². The first-order valence-electron chi connectivity index (χ1n) is 9.65. The van der Waals surface area contributed by atoms with E-state index in [2.05, 4.69) is 34.3 Å². The number of esters is 1. The second-order valence-corrected chi connectivity index (χ2v) is 7.73. The van der Waals surface area contributed by atoms with Crippen LogP contribution < -0.4 is 0 Å². The van der Waals surface area contributed by atoms with Gasteiger partial charge in [0.2, 0.25) is 0 Å². The number of carbonyl (C=O) groups excluding carboxylic acids is 2. The second kappa shape index (κ2) is 14.2. The molecule has 0 amide bonds. The van der Waals surface area contributed by atoms with Crippen LogP contribution in [-0.4, -0.2) is 18.9 Å². The van der Waals surface area contributed by atoms with Crippen LogP contribution >= 0.6 is 0 Å². The number of hydrogen-bond donors (Lipinski definition) is 0. The fraction of sp³-hybridized carbons (Fsp3) is 0.810. The zero-order valence-corrected chi connectivity index (χ0v) is 16.3. The van der Waals surface area contributed by atoms with Crippen molar-refractivity contribution in [3.8, 4) is 0 Å². The lowest BCUT2D eigenvalue weighted by atomic mass is 9.91. The third-order valence-corrected chi connectivity index (χ3v) is 4.62. The lowest BCUT2D eigenvalue weighted by molar-refractivity contribution is -0.141. The molecular weight excluding hydrogens is 300 g/mol. The molecule has 0 aromatic rings. The van der Waals surface area contributed by atoms with Crippen molar-refractivity contribution in [3.05, 3.63) is 12.2 Å². The van der Waals surface area contributed by atoms with Crippen molar-refractivity contribution in [3.63, 3.8) is 0 Å². The Hall–Kier alpha value is -1.12. The van der Waals surface area contributed by atoms with Crippen LogP contribution in [0.1, 0.15) is 85.5 Å². The van der Waals surface area contributed by atoms with E-state index in [9.17, 15) is 9.59 Å². The van der Waals surface area contributed by atoms with E-state index in [-0.39, 0.29) is 6.61 Å². The highest BCUT2D eigenvalue weighted by Crippen LogP contribution is 2.22. The molecule has 3 nitrogen and oxygen atoms in total. The van der Waals surface area contributed by atoms with Gasteiger partial charge in [0.1, 0.15) is 6.61 Å². The molecule has 0 aliphatic carbocycles. The zero-order chi connectivity index (χ0) is 18.4. The van der Waals surface area contributed by atoms with Gasteiger partial charge in [-0.25, -0.2) is 4.79 Å². The molecule has 0 saturated heterocycles. The molecule has 3 heteroatoms. The van der Waals surface area contributed by atoms with Crippen molar-refractivity contribution in [2.75, 3.05) is 6.61 Å². The highest BCUT2D eigenvalue weighted by molar-refractivity contribution is 5.88. The van der Waals surface area contributed by atoms with Gasteiger partial charge in [-0.2, -0.15) is 0 Å². The van der Waals surface area contributed by atoms with Gasteiger partial charge in [0.05, 0.1) is 0 Å². The van der Waals surface area contributed by atoms with Crippen LogP contribution in [0.3, 0.4) is 0 Å². The van der Waals surface area contributed by atoms with Gasteiger partial charge in [-0.1, -0.05) is 79.2 Å². The van der Waals surface area contributed by atoms with Gasteiger partial charge in [-0.3, -0.25) is 4.79 Å². The summed E-state index contributed by atoms with van der Waals surface area (Å²) in [4.78, 5) is 21.6. The van der Waals surface area contributed by atoms with Crippen LogP contribution in [0.4, 0.5) is 0 Å². The number of aldehydes is 1. The number of carbonyl (C=O) groups is 2. The fourth-order valence-corrected chi connectivity index (χ4v) is 2.96. The minimum atomic E-state index is -0.440. The summed E-state index contributed by atoms with van der Waals surface area (Å²) in [6.07, 6.45) is 11.3. The molecule has 0 bridgehead atoms. The Morgan fingerprint density at radius 2 is 1.42 bits per heavy atom. The summed E-state index contributed by atoms with van der Waals surface area (Å²) in [5.41, 5.74) is 0.475. The zero-order valence-electron chi connectivity index (χ0n) is 16.3. The van der Waals surface area contributed by atoms with Crippen LogP contribution in [-0.2, 0) is 14.3 Å². The van der Waals surface area contributed by atoms with Gasteiger partial charge in [-0.05, 0) is 30.6 Å². The molecule has 0 fully saturated rings. The number of hydrogen-bond acceptors (Lipinski definition) is 3. The summed E-state index contributed by atoms with van der Waals surface area (Å²) in [7, 11) is 0. The molecule has 0 aliphatic heterocycles. The first-order valence-corrected chi connectivity index (χ1v) is 9.65. The molecule has 0 aromatic carbocycles. The molecule has 0 N–H and O–H groups in total. The van der Waals surface area contributed by atoms with Crippen LogP contribution in [0.25, 0.3) is 0 Å². The van der Waals surface area contributed by atoms with Gasteiger partial charge in [0.15, 0.2) is 6.29 Å². The molecular formula is C21H38O3. The highest BCUT2D eigenvalue weighted by Gasteiger charge is 2.10. The van der Waals surface area contributed by atoms with E-state index in [1.54, 1.807) is 0 Å². The largest absolute Gasteiger partial charge is 0.455 e. The van der Waals surface area contributed by atoms with Gasteiger partial charge in [0.25, 0.3) is 0 Å². The minimum absolute atomic E-state index is 0.177. The quantitative estimate of drug-likeness (QED) is 0.218. The molecule has 24 heavy (non-hydrogen) atoms. The molecule has 0 heterocycles. The molecule has 140 valence electrons. The summed E-state index contributed by atoms with van der Waals surface area (Å²) in [6.45, 7) is 12.8. The lowest BCUT2D eigenvalue weighted by Crippen LogP contribution is -2.09. The van der Waals surface area contributed by atoms with E-state index in [0.717, 1.165) is 24.7 Å². The van der Waals surface area contributed by atoms with Crippen LogP contribution in [0.15, 0.2) is 12.2 Å². The normalized spacial score (nSPS) is 13.5. The van der Waals surface area contributed by atoms with Crippen LogP contribution in [0, 0.1) is 17.8 Å². The molecule has 0 aliphatic rings. The first-order chi connectivity index (χ1) is 11.4. The van der Waals surface area contributed by atoms with Crippen molar-refractivity contribution in [2.24, 2.45) is 17.8 Å². The third-order valence-electron chi connectivity index (χ3n) is 4.62. The van der Waals surface area contributed by atoms with Gasteiger partial charge < -0.3 is 4.74 Å². The Bertz CT molecular complexity index is 360. The van der Waals surface area contributed by atoms with E-state index >= 15 is 0 Å². The predicted octanol–water partition coefficient (Wildman–Crippen LogP) is 5.72. The van der Waals surface area contributed by atoms with E-state index in [0.29, 0.717) is 24.2 Å². The topological polar surface area (TPSA) is 43.4 Å². The predicted molar refractivity (Wildman–Crippen MR) is 101 cm³/mol. The Kier molecular flexibility index (Phi) is 13.6. The Morgan fingerprint density at radius 1 is 0.917 bits per heavy atom. The Labute approximate surface area is 149 Å². The van der Waals surface area contributed by atoms with Crippen molar-refractivity contribution < 1.29 is 14.3 Å². The number of ether oxygens (including phenoxy) is 1. The SMILES string of the molecule is C=C(CCCC(C)CCCC(C)CCCC(C)C)C(=O)OCC=O. The lowest BCUT2D eigenvalue weighted by Gasteiger charge is -2.15. The highest BCUT2D eigenvalue weighted by atomic mass is 16.5. The maximum Gasteiger partial charge on any atom is 0.333 e. The molecule has 0 aromatic heterocycles. The van der Waals surface area contributed by atoms with Crippen molar-refractivity contribution in [2.45, 2.75) is 85.5 Å². The molecule has 0 rings (SSSR count). The Morgan fingerprint density at radius 3 is 1.92 bits per heavy atom. The molecule has 2 atom stereocenters. The summed E-state index contributed by atoms with van der Waals surface area (Å²) >= 11 is 0. The maximum atomic E-state index is 11.5. The first kappa shape index (κ1) is 22.9. The maximum absolute atomic E-state index is 11.5. The fourth-order valence-electron chi connectivity index (χ4n) is 2.96. The van der Waals surface area contributed by atoms with Crippen LogP contribution in [0.2, 0.25) is 0 Å². The molecule has 0 radical (unpaired) electrons. The molecule has 2 unspecified atom stereocenters. The molecule has 0 saturated carbocycles.